The zero-order valence-corrected chi connectivity index (χ0v) is 10.9. The molecule has 0 saturated carbocycles. The molecule has 0 fully saturated rings. The van der Waals surface area contributed by atoms with Crippen LogP contribution in [0.1, 0.15) is 11.1 Å². The lowest BCUT2D eigenvalue weighted by molar-refractivity contribution is 1.16. The predicted octanol–water partition coefficient (Wildman–Crippen LogP) is 3.72. The van der Waals surface area contributed by atoms with Crippen molar-refractivity contribution in [3.05, 3.63) is 72.1 Å². The van der Waals surface area contributed by atoms with Gasteiger partial charge in [0.25, 0.3) is 0 Å². The first kappa shape index (κ1) is 12.2. The summed E-state index contributed by atoms with van der Waals surface area (Å²) in [6.45, 7) is 0.718. The summed E-state index contributed by atoms with van der Waals surface area (Å²) < 4.78 is 0. The van der Waals surface area contributed by atoms with Gasteiger partial charge in [-0.1, -0.05) is 24.3 Å². The largest absolute Gasteiger partial charge is 0.381 e. The van der Waals surface area contributed by atoms with Crippen molar-refractivity contribution in [2.75, 3.05) is 5.32 Å². The summed E-state index contributed by atoms with van der Waals surface area (Å²) in [5.41, 5.74) is 2.83. The SMILES string of the molecule is N#Cc1cccc(NCc2cccc3cnccc23)c1. The van der Waals surface area contributed by atoms with Crippen LogP contribution < -0.4 is 5.32 Å². The Labute approximate surface area is 117 Å². The second-order valence-corrected chi connectivity index (χ2v) is 4.56. The van der Waals surface area contributed by atoms with Crippen LogP contribution in [0, 0.1) is 11.3 Å². The van der Waals surface area contributed by atoms with Crippen LogP contribution in [0.3, 0.4) is 0 Å². The van der Waals surface area contributed by atoms with Gasteiger partial charge >= 0.3 is 0 Å². The summed E-state index contributed by atoms with van der Waals surface area (Å²) in [6.07, 6.45) is 3.68. The molecule has 0 spiro atoms. The van der Waals surface area contributed by atoms with Crippen molar-refractivity contribution in [2.45, 2.75) is 6.54 Å². The van der Waals surface area contributed by atoms with Crippen LogP contribution in [0.4, 0.5) is 5.69 Å². The first-order valence-electron chi connectivity index (χ1n) is 6.42. The quantitative estimate of drug-likeness (QED) is 0.779. The van der Waals surface area contributed by atoms with Gasteiger partial charge in [0.2, 0.25) is 0 Å². The van der Waals surface area contributed by atoms with Crippen molar-refractivity contribution in [2.24, 2.45) is 0 Å². The minimum atomic E-state index is 0.664. The Morgan fingerprint density at radius 3 is 2.90 bits per heavy atom. The molecule has 0 saturated heterocycles. The minimum absolute atomic E-state index is 0.664. The van der Waals surface area contributed by atoms with Crippen LogP contribution in [0.15, 0.2) is 60.9 Å². The Kier molecular flexibility index (Phi) is 3.30. The Morgan fingerprint density at radius 1 is 1.10 bits per heavy atom. The fraction of sp³-hybridized carbons (Fsp3) is 0.0588. The van der Waals surface area contributed by atoms with Gasteiger partial charge in [0, 0.05) is 30.0 Å². The van der Waals surface area contributed by atoms with Crippen LogP contribution >= 0.6 is 0 Å². The molecular formula is C17H13N3. The van der Waals surface area contributed by atoms with E-state index in [1.54, 1.807) is 6.07 Å². The third-order valence-corrected chi connectivity index (χ3v) is 3.25. The van der Waals surface area contributed by atoms with Crippen LogP contribution in [-0.4, -0.2) is 4.98 Å². The van der Waals surface area contributed by atoms with E-state index in [0.29, 0.717) is 5.56 Å². The van der Waals surface area contributed by atoms with E-state index in [4.69, 9.17) is 5.26 Å². The Morgan fingerprint density at radius 2 is 2.00 bits per heavy atom. The van der Waals surface area contributed by atoms with Crippen LogP contribution in [0.2, 0.25) is 0 Å². The Hall–Kier alpha value is -2.86. The highest BCUT2D eigenvalue weighted by Gasteiger charge is 2.01. The van der Waals surface area contributed by atoms with Gasteiger partial charge in [-0.15, -0.1) is 0 Å². The third kappa shape index (κ3) is 2.45. The molecule has 0 unspecified atom stereocenters. The minimum Gasteiger partial charge on any atom is -0.381 e. The summed E-state index contributed by atoms with van der Waals surface area (Å²) in [4.78, 5) is 4.14. The van der Waals surface area contributed by atoms with Gasteiger partial charge in [-0.25, -0.2) is 0 Å². The van der Waals surface area contributed by atoms with E-state index in [-0.39, 0.29) is 0 Å². The fourth-order valence-corrected chi connectivity index (χ4v) is 2.24. The van der Waals surface area contributed by atoms with Crippen molar-refractivity contribution in [1.29, 1.82) is 5.26 Å². The number of benzene rings is 2. The molecule has 3 aromatic rings. The Bertz CT molecular complexity index is 782. The zero-order valence-electron chi connectivity index (χ0n) is 10.9. The predicted molar refractivity (Wildman–Crippen MR) is 80.2 cm³/mol. The molecule has 0 bridgehead atoms. The molecule has 1 N–H and O–H groups in total. The molecule has 0 aliphatic carbocycles. The normalized spacial score (nSPS) is 10.2. The smallest absolute Gasteiger partial charge is 0.0992 e. The summed E-state index contributed by atoms with van der Waals surface area (Å²) >= 11 is 0. The summed E-state index contributed by atoms with van der Waals surface area (Å²) in [6, 6.07) is 17.9. The number of nitriles is 1. The molecule has 0 aliphatic heterocycles. The summed E-state index contributed by atoms with van der Waals surface area (Å²) in [5.74, 6) is 0. The van der Waals surface area contributed by atoms with Crippen molar-refractivity contribution in [3.63, 3.8) is 0 Å². The molecule has 1 aromatic heterocycles. The molecular weight excluding hydrogens is 246 g/mol. The second-order valence-electron chi connectivity index (χ2n) is 4.56. The fourth-order valence-electron chi connectivity index (χ4n) is 2.24. The Balaban J connectivity index is 1.85. The molecule has 96 valence electrons. The maximum Gasteiger partial charge on any atom is 0.0992 e. The van der Waals surface area contributed by atoms with Gasteiger partial charge < -0.3 is 5.32 Å². The first-order chi connectivity index (χ1) is 9.86. The standard InChI is InChI=1S/C17H13N3/c18-10-13-3-1-6-16(9-13)20-12-15-5-2-4-14-11-19-8-7-17(14)15/h1-9,11,20H,12H2. The van der Waals surface area contributed by atoms with Gasteiger partial charge in [-0.05, 0) is 35.2 Å². The van der Waals surface area contributed by atoms with Crippen molar-refractivity contribution in [3.8, 4) is 6.07 Å². The van der Waals surface area contributed by atoms with E-state index in [0.717, 1.165) is 17.6 Å². The third-order valence-electron chi connectivity index (χ3n) is 3.25. The second kappa shape index (κ2) is 5.41. The van der Waals surface area contributed by atoms with Gasteiger partial charge in [-0.2, -0.15) is 5.26 Å². The number of pyridine rings is 1. The average Bonchev–Trinajstić information content (AvgIpc) is 2.53. The molecule has 2 aromatic carbocycles. The van der Waals surface area contributed by atoms with E-state index >= 15 is 0 Å². The number of hydrogen-bond acceptors (Lipinski definition) is 3. The molecule has 0 amide bonds. The number of fused-ring (bicyclic) bond motifs is 1. The summed E-state index contributed by atoms with van der Waals surface area (Å²) in [5, 5.41) is 14.6. The van der Waals surface area contributed by atoms with E-state index < -0.39 is 0 Å². The summed E-state index contributed by atoms with van der Waals surface area (Å²) in [7, 11) is 0. The average molecular weight is 259 g/mol. The van der Waals surface area contributed by atoms with E-state index in [2.05, 4.69) is 28.5 Å². The lowest BCUT2D eigenvalue weighted by Gasteiger charge is -2.09. The van der Waals surface area contributed by atoms with E-state index in [1.165, 1.54) is 10.9 Å². The van der Waals surface area contributed by atoms with Gasteiger partial charge in [0.1, 0.15) is 0 Å². The highest BCUT2D eigenvalue weighted by molar-refractivity contribution is 5.84. The van der Waals surface area contributed by atoms with E-state index in [1.807, 2.05) is 42.7 Å². The molecule has 1 heterocycles. The number of anilines is 1. The number of nitrogens with zero attached hydrogens (tertiary/aromatic N) is 2. The van der Waals surface area contributed by atoms with Gasteiger partial charge in [-0.3, -0.25) is 4.98 Å². The number of hydrogen-bond donors (Lipinski definition) is 1. The zero-order chi connectivity index (χ0) is 13.8. The van der Waals surface area contributed by atoms with Crippen molar-refractivity contribution in [1.82, 2.24) is 4.98 Å². The van der Waals surface area contributed by atoms with Crippen LogP contribution in [-0.2, 0) is 6.54 Å². The molecule has 3 rings (SSSR count). The van der Waals surface area contributed by atoms with Crippen LogP contribution in [0.5, 0.6) is 0 Å². The maximum atomic E-state index is 8.90. The molecule has 3 heteroatoms. The molecule has 0 radical (unpaired) electrons. The van der Waals surface area contributed by atoms with E-state index in [9.17, 15) is 0 Å². The number of aromatic nitrogens is 1. The van der Waals surface area contributed by atoms with Gasteiger partial charge in [0.15, 0.2) is 0 Å². The van der Waals surface area contributed by atoms with Gasteiger partial charge in [0.05, 0.1) is 11.6 Å². The molecule has 3 nitrogen and oxygen atoms in total. The topological polar surface area (TPSA) is 48.7 Å². The number of rotatable bonds is 3. The lowest BCUT2D eigenvalue weighted by atomic mass is 10.1. The highest BCUT2D eigenvalue weighted by atomic mass is 14.9. The molecule has 0 aliphatic rings. The van der Waals surface area contributed by atoms with Crippen molar-refractivity contribution < 1.29 is 0 Å². The first-order valence-corrected chi connectivity index (χ1v) is 6.42. The number of nitrogens with one attached hydrogen (secondary N) is 1. The van der Waals surface area contributed by atoms with Crippen LogP contribution in [0.25, 0.3) is 10.8 Å². The lowest BCUT2D eigenvalue weighted by Crippen LogP contribution is -2.00. The van der Waals surface area contributed by atoms with Crippen molar-refractivity contribution >= 4 is 16.5 Å². The molecule has 0 atom stereocenters. The monoisotopic (exact) mass is 259 g/mol. The molecule has 20 heavy (non-hydrogen) atoms. The highest BCUT2D eigenvalue weighted by Crippen LogP contribution is 2.19. The maximum absolute atomic E-state index is 8.90.